The third-order valence-electron chi connectivity index (χ3n) is 1.92. The molecule has 0 N–H and O–H groups in total. The van der Waals surface area contributed by atoms with Gasteiger partial charge in [-0.05, 0) is 0 Å². The maximum Gasteiger partial charge on any atom is 0.457 e. The van der Waals surface area contributed by atoms with Crippen LogP contribution in [0.25, 0.3) is 0 Å². The van der Waals surface area contributed by atoms with E-state index in [1.165, 1.54) is 0 Å². The van der Waals surface area contributed by atoms with Crippen LogP contribution in [0.1, 0.15) is 0 Å². The molecular weight excluding hydrogens is 290 g/mol. The Kier molecular flexibility index (Phi) is 3.08. The summed E-state index contributed by atoms with van der Waals surface area (Å²) in [6, 6.07) is -6.14. The fourth-order valence-electron chi connectivity index (χ4n) is 1.01. The van der Waals surface area contributed by atoms with Gasteiger partial charge in [0.1, 0.15) is 0 Å². The molecule has 0 atom stereocenters. The second-order valence-electron chi connectivity index (χ2n) is 3.01. The van der Waals surface area contributed by atoms with Crippen molar-refractivity contribution in [3.8, 4) is 0 Å². The zero-order valence-electron chi connectivity index (χ0n) is 7.69. The normalized spacial score (nSPS) is 21.2. The number of hydrogen-bond acceptors (Lipinski definition) is 1. The molecule has 0 aromatic rings. The number of alkyl halides is 6. The molecule has 0 saturated heterocycles. The van der Waals surface area contributed by atoms with E-state index in [9.17, 15) is 43.9 Å². The van der Waals surface area contributed by atoms with Gasteiger partial charge in [-0.2, -0.15) is 30.7 Å². The number of allylic oxidation sites excluding steroid dienone is 2. The first-order chi connectivity index (χ1) is 7.87. The minimum Gasteiger partial charge on any atom is -0.400 e. The van der Waals surface area contributed by atoms with Crippen LogP contribution in [-0.4, -0.2) is 17.8 Å². The van der Waals surface area contributed by atoms with Crippen LogP contribution in [0.2, 0.25) is 0 Å². The van der Waals surface area contributed by atoms with E-state index in [1.54, 1.807) is 0 Å². The number of ether oxygens (including phenoxy) is 1. The summed E-state index contributed by atoms with van der Waals surface area (Å²) < 4.78 is 127. The highest BCUT2D eigenvalue weighted by atomic mass is 19.4. The van der Waals surface area contributed by atoms with E-state index in [1.807, 2.05) is 0 Å². The molecule has 0 saturated carbocycles. The van der Waals surface area contributed by atoms with Crippen molar-refractivity contribution in [3.05, 3.63) is 23.7 Å². The van der Waals surface area contributed by atoms with E-state index >= 15 is 0 Å². The Morgan fingerprint density at radius 3 is 1.39 bits per heavy atom. The van der Waals surface area contributed by atoms with Crippen LogP contribution in [-0.2, 0) is 4.74 Å². The Morgan fingerprint density at radius 1 is 0.778 bits per heavy atom. The molecule has 0 unspecified atom stereocenters. The number of rotatable bonds is 1. The summed E-state index contributed by atoms with van der Waals surface area (Å²) in [6.45, 7) is 0. The van der Waals surface area contributed by atoms with E-state index in [-0.39, 0.29) is 0 Å². The predicted octanol–water partition coefficient (Wildman–Crippen LogP) is 4.14. The standard InChI is InChI=1S/C7F10O/c8-1-3(10)18-4(11)2(9)5(1,12)6(13,14)7(15,16)17. The van der Waals surface area contributed by atoms with Gasteiger partial charge >= 0.3 is 24.1 Å². The third-order valence-corrected chi connectivity index (χ3v) is 1.92. The fourth-order valence-corrected chi connectivity index (χ4v) is 1.01. The summed E-state index contributed by atoms with van der Waals surface area (Å²) in [5, 5.41) is 0. The van der Waals surface area contributed by atoms with Gasteiger partial charge in [-0.1, -0.05) is 0 Å². The van der Waals surface area contributed by atoms with Gasteiger partial charge in [0.05, 0.1) is 0 Å². The molecule has 0 aromatic heterocycles. The van der Waals surface area contributed by atoms with E-state index in [0.717, 1.165) is 0 Å². The van der Waals surface area contributed by atoms with Crippen LogP contribution in [0.5, 0.6) is 0 Å². The van der Waals surface area contributed by atoms with Gasteiger partial charge < -0.3 is 4.74 Å². The zero-order chi connectivity index (χ0) is 14.5. The van der Waals surface area contributed by atoms with Crippen LogP contribution in [0.3, 0.4) is 0 Å². The lowest BCUT2D eigenvalue weighted by Crippen LogP contribution is -2.56. The molecule has 1 aliphatic rings. The van der Waals surface area contributed by atoms with Crippen molar-refractivity contribution >= 4 is 0 Å². The first-order valence-electron chi connectivity index (χ1n) is 3.80. The highest BCUT2D eigenvalue weighted by Gasteiger charge is 2.78. The summed E-state index contributed by atoms with van der Waals surface area (Å²) in [5.74, 6) is -13.8. The second-order valence-corrected chi connectivity index (χ2v) is 3.01. The van der Waals surface area contributed by atoms with E-state index < -0.39 is 41.4 Å². The van der Waals surface area contributed by atoms with E-state index in [4.69, 9.17) is 0 Å². The van der Waals surface area contributed by atoms with Gasteiger partial charge in [0.15, 0.2) is 0 Å². The molecule has 0 spiro atoms. The minimum absolute atomic E-state index is 2.85. The summed E-state index contributed by atoms with van der Waals surface area (Å²) in [6.07, 6.45) is -6.80. The van der Waals surface area contributed by atoms with Crippen molar-refractivity contribution < 1.29 is 48.6 Å². The average Bonchev–Trinajstić information content (AvgIpc) is 2.21. The molecule has 0 amide bonds. The Bertz CT molecular complexity index is 406. The maximum atomic E-state index is 13.2. The van der Waals surface area contributed by atoms with Gasteiger partial charge in [-0.15, -0.1) is 0 Å². The van der Waals surface area contributed by atoms with Crippen molar-refractivity contribution in [2.45, 2.75) is 17.8 Å². The Labute approximate surface area is 91.3 Å². The van der Waals surface area contributed by atoms with Crippen LogP contribution < -0.4 is 0 Å². The lowest BCUT2D eigenvalue weighted by molar-refractivity contribution is -0.320. The summed E-state index contributed by atoms with van der Waals surface area (Å²) in [7, 11) is 0. The average molecular weight is 290 g/mol. The molecule has 0 bridgehead atoms. The van der Waals surface area contributed by atoms with Gasteiger partial charge in [-0.25, -0.2) is 13.2 Å². The molecule has 1 aliphatic heterocycles. The molecule has 0 radical (unpaired) electrons. The van der Waals surface area contributed by atoms with Crippen molar-refractivity contribution in [2.75, 3.05) is 0 Å². The SMILES string of the molecule is FC1=C(F)C(F)(C(F)(F)C(F)(F)F)C(F)=C(F)O1. The van der Waals surface area contributed by atoms with Gasteiger partial charge in [0.25, 0.3) is 5.67 Å². The minimum atomic E-state index is -6.80. The lowest BCUT2D eigenvalue weighted by atomic mass is 9.93. The Morgan fingerprint density at radius 2 is 1.11 bits per heavy atom. The van der Waals surface area contributed by atoms with Crippen LogP contribution in [0, 0.1) is 0 Å². The maximum absolute atomic E-state index is 13.2. The monoisotopic (exact) mass is 290 g/mol. The van der Waals surface area contributed by atoms with Gasteiger partial charge in [0.2, 0.25) is 11.7 Å². The lowest BCUT2D eigenvalue weighted by Gasteiger charge is -2.33. The molecule has 0 fully saturated rings. The quantitative estimate of drug-likeness (QED) is 0.659. The molecule has 104 valence electrons. The molecule has 1 rings (SSSR count). The van der Waals surface area contributed by atoms with E-state index in [2.05, 4.69) is 4.74 Å². The number of halogens is 10. The Hall–Kier alpha value is -1.42. The Balaban J connectivity index is 3.55. The molecule has 1 nitrogen and oxygen atoms in total. The largest absolute Gasteiger partial charge is 0.457 e. The number of hydrogen-bond donors (Lipinski definition) is 0. The van der Waals surface area contributed by atoms with Crippen molar-refractivity contribution in [1.82, 2.24) is 0 Å². The van der Waals surface area contributed by atoms with Crippen molar-refractivity contribution in [2.24, 2.45) is 0 Å². The molecule has 0 aliphatic carbocycles. The molecule has 18 heavy (non-hydrogen) atoms. The molecule has 11 heteroatoms. The van der Waals surface area contributed by atoms with Crippen molar-refractivity contribution in [1.29, 1.82) is 0 Å². The summed E-state index contributed by atoms with van der Waals surface area (Å²) in [4.78, 5) is 0. The molecule has 1 heterocycles. The second kappa shape index (κ2) is 3.79. The van der Waals surface area contributed by atoms with Gasteiger partial charge in [0, 0.05) is 0 Å². The first-order valence-corrected chi connectivity index (χ1v) is 3.80. The highest BCUT2D eigenvalue weighted by Crippen LogP contribution is 2.56. The summed E-state index contributed by atoms with van der Waals surface area (Å²) in [5.41, 5.74) is -5.99. The van der Waals surface area contributed by atoms with Crippen molar-refractivity contribution in [3.63, 3.8) is 0 Å². The smallest absolute Gasteiger partial charge is 0.400 e. The van der Waals surface area contributed by atoms with Gasteiger partial charge in [-0.3, -0.25) is 0 Å². The predicted molar refractivity (Wildman–Crippen MR) is 34.4 cm³/mol. The zero-order valence-corrected chi connectivity index (χ0v) is 7.69. The highest BCUT2D eigenvalue weighted by molar-refractivity contribution is 5.35. The molecular formula is C7F10O. The summed E-state index contributed by atoms with van der Waals surface area (Å²) >= 11 is 0. The first kappa shape index (κ1) is 14.6. The topological polar surface area (TPSA) is 9.23 Å². The van der Waals surface area contributed by atoms with Crippen LogP contribution in [0.4, 0.5) is 43.9 Å². The fraction of sp³-hybridized carbons (Fsp3) is 0.429. The van der Waals surface area contributed by atoms with E-state index in [0.29, 0.717) is 0 Å². The third kappa shape index (κ3) is 1.63. The molecule has 0 aromatic carbocycles. The van der Waals surface area contributed by atoms with Crippen LogP contribution in [0.15, 0.2) is 23.7 Å². The van der Waals surface area contributed by atoms with Crippen LogP contribution >= 0.6 is 0 Å².